The smallest absolute Gasteiger partial charge is 0.317 e. The van der Waals surface area contributed by atoms with Crippen LogP contribution in [-0.4, -0.2) is 19.6 Å². The van der Waals surface area contributed by atoms with Gasteiger partial charge in [-0.05, 0) is 25.0 Å². The van der Waals surface area contributed by atoms with Gasteiger partial charge in [0.15, 0.2) is 0 Å². The van der Waals surface area contributed by atoms with Crippen LogP contribution < -0.4 is 5.73 Å². The highest BCUT2D eigenvalue weighted by molar-refractivity contribution is 5.83. The van der Waals surface area contributed by atoms with Gasteiger partial charge in [-0.15, -0.1) is 0 Å². The van der Waals surface area contributed by atoms with E-state index in [4.69, 9.17) is 10.5 Å². The molecule has 0 heterocycles. The van der Waals surface area contributed by atoms with Crippen molar-refractivity contribution < 1.29 is 9.53 Å². The predicted octanol–water partition coefficient (Wildman–Crippen LogP) is 1.38. The Morgan fingerprint density at radius 2 is 2.07 bits per heavy atom. The second-order valence-electron chi connectivity index (χ2n) is 3.84. The number of carbonyl (C=O) groups is 1. The van der Waals surface area contributed by atoms with Crippen molar-refractivity contribution in [1.82, 2.24) is 0 Å². The molecule has 0 spiro atoms. The highest BCUT2D eigenvalue weighted by Crippen LogP contribution is 2.26. The van der Waals surface area contributed by atoms with Crippen LogP contribution in [0.5, 0.6) is 0 Å². The molecule has 1 atom stereocenters. The molecule has 82 valence electrons. The fraction of sp³-hybridized carbons (Fsp3) is 0.417. The highest BCUT2D eigenvalue weighted by atomic mass is 16.5. The van der Waals surface area contributed by atoms with Crippen LogP contribution in [0.25, 0.3) is 0 Å². The molecule has 0 amide bonds. The highest BCUT2D eigenvalue weighted by Gasteiger charge is 2.35. The lowest BCUT2D eigenvalue weighted by Crippen LogP contribution is -2.41. The average molecular weight is 207 g/mol. The number of esters is 1. The molecule has 2 N–H and O–H groups in total. The number of nitrogens with two attached hydrogens (primary N) is 1. The van der Waals surface area contributed by atoms with Gasteiger partial charge in [0, 0.05) is 6.54 Å². The molecule has 0 radical (unpaired) electrons. The number of hydrogen-bond donors (Lipinski definition) is 1. The van der Waals surface area contributed by atoms with Crippen molar-refractivity contribution in [1.29, 1.82) is 0 Å². The third kappa shape index (κ3) is 2.02. The Hall–Kier alpha value is -1.35. The normalized spacial score (nSPS) is 14.4. The number of carbonyl (C=O) groups excluding carboxylic acids is 1. The summed E-state index contributed by atoms with van der Waals surface area (Å²) in [5, 5.41) is 0. The van der Waals surface area contributed by atoms with Crippen LogP contribution >= 0.6 is 0 Å². The monoisotopic (exact) mass is 207 g/mol. The summed E-state index contributed by atoms with van der Waals surface area (Å²) in [6, 6.07) is 7.72. The van der Waals surface area contributed by atoms with E-state index in [1.165, 1.54) is 7.11 Å². The second-order valence-corrected chi connectivity index (χ2v) is 3.84. The van der Waals surface area contributed by atoms with E-state index in [1.54, 1.807) is 6.92 Å². The fourth-order valence-electron chi connectivity index (χ4n) is 1.72. The van der Waals surface area contributed by atoms with Crippen LogP contribution in [0.4, 0.5) is 0 Å². The van der Waals surface area contributed by atoms with Crippen LogP contribution in [-0.2, 0) is 14.9 Å². The maximum Gasteiger partial charge on any atom is 0.317 e. The van der Waals surface area contributed by atoms with Gasteiger partial charge in [0.2, 0.25) is 0 Å². The van der Waals surface area contributed by atoms with E-state index in [0.29, 0.717) is 0 Å². The summed E-state index contributed by atoms with van der Waals surface area (Å²) in [4.78, 5) is 11.7. The second kappa shape index (κ2) is 4.45. The Morgan fingerprint density at radius 3 is 2.53 bits per heavy atom. The number of benzene rings is 1. The summed E-state index contributed by atoms with van der Waals surface area (Å²) in [5.74, 6) is -0.292. The van der Waals surface area contributed by atoms with Crippen LogP contribution in [0, 0.1) is 6.92 Å². The predicted molar refractivity (Wildman–Crippen MR) is 59.6 cm³/mol. The summed E-state index contributed by atoms with van der Waals surface area (Å²) in [5.41, 5.74) is 6.92. The van der Waals surface area contributed by atoms with E-state index in [2.05, 4.69) is 0 Å². The quantitative estimate of drug-likeness (QED) is 0.762. The Bertz CT molecular complexity index is 362. The molecule has 0 aliphatic rings. The summed E-state index contributed by atoms with van der Waals surface area (Å²) in [7, 11) is 1.38. The van der Waals surface area contributed by atoms with E-state index in [0.717, 1.165) is 11.1 Å². The molecule has 0 fully saturated rings. The van der Waals surface area contributed by atoms with Gasteiger partial charge >= 0.3 is 5.97 Å². The van der Waals surface area contributed by atoms with Gasteiger partial charge in [0.05, 0.1) is 7.11 Å². The lowest BCUT2D eigenvalue weighted by atomic mass is 9.80. The molecule has 0 saturated carbocycles. The first-order chi connectivity index (χ1) is 7.06. The van der Waals surface area contributed by atoms with Crippen molar-refractivity contribution >= 4 is 5.97 Å². The minimum absolute atomic E-state index is 0.241. The zero-order valence-corrected chi connectivity index (χ0v) is 9.41. The average Bonchev–Trinajstić information content (AvgIpc) is 2.27. The Morgan fingerprint density at radius 1 is 1.47 bits per heavy atom. The third-order valence-electron chi connectivity index (χ3n) is 2.78. The molecule has 1 rings (SSSR count). The first kappa shape index (κ1) is 11.7. The molecular formula is C12H17NO2. The van der Waals surface area contributed by atoms with Gasteiger partial charge in [-0.3, -0.25) is 4.79 Å². The molecule has 1 aromatic carbocycles. The number of methoxy groups -OCH3 is 1. The Balaban J connectivity index is 3.23. The summed E-state index contributed by atoms with van der Waals surface area (Å²) in [6.07, 6.45) is 0. The van der Waals surface area contributed by atoms with Crippen molar-refractivity contribution in [3.8, 4) is 0 Å². The van der Waals surface area contributed by atoms with Crippen LogP contribution in [0.1, 0.15) is 18.1 Å². The van der Waals surface area contributed by atoms with Crippen molar-refractivity contribution in [2.45, 2.75) is 19.3 Å². The lowest BCUT2D eigenvalue weighted by Gasteiger charge is -2.26. The van der Waals surface area contributed by atoms with Gasteiger partial charge in [0.1, 0.15) is 5.41 Å². The van der Waals surface area contributed by atoms with Gasteiger partial charge in [0.25, 0.3) is 0 Å². The Labute approximate surface area is 90.2 Å². The minimum atomic E-state index is -0.750. The largest absolute Gasteiger partial charge is 0.468 e. The van der Waals surface area contributed by atoms with Crippen LogP contribution in [0.15, 0.2) is 24.3 Å². The van der Waals surface area contributed by atoms with Crippen LogP contribution in [0.3, 0.4) is 0 Å². The van der Waals surface area contributed by atoms with Gasteiger partial charge in [-0.25, -0.2) is 0 Å². The van der Waals surface area contributed by atoms with Crippen molar-refractivity contribution in [3.63, 3.8) is 0 Å². The maximum atomic E-state index is 11.7. The van der Waals surface area contributed by atoms with E-state index in [-0.39, 0.29) is 12.5 Å². The topological polar surface area (TPSA) is 52.3 Å². The first-order valence-corrected chi connectivity index (χ1v) is 4.91. The summed E-state index contributed by atoms with van der Waals surface area (Å²) in [6.45, 7) is 4.01. The zero-order chi connectivity index (χ0) is 11.5. The lowest BCUT2D eigenvalue weighted by molar-refractivity contribution is -0.146. The number of hydrogen-bond acceptors (Lipinski definition) is 3. The maximum absolute atomic E-state index is 11.7. The fourth-order valence-corrected chi connectivity index (χ4v) is 1.72. The first-order valence-electron chi connectivity index (χ1n) is 4.91. The van der Waals surface area contributed by atoms with E-state index in [1.807, 2.05) is 31.2 Å². The van der Waals surface area contributed by atoms with Crippen LogP contribution in [0.2, 0.25) is 0 Å². The molecule has 15 heavy (non-hydrogen) atoms. The Kier molecular flexibility index (Phi) is 3.48. The minimum Gasteiger partial charge on any atom is -0.468 e. The molecule has 3 heteroatoms. The standard InChI is InChI=1S/C12H17NO2/c1-9-6-4-5-7-10(9)12(2,8-13)11(14)15-3/h4-7H,8,13H2,1-3H3. The van der Waals surface area contributed by atoms with Crippen molar-refractivity contribution in [2.75, 3.05) is 13.7 Å². The molecule has 0 aromatic heterocycles. The van der Waals surface area contributed by atoms with E-state index >= 15 is 0 Å². The van der Waals surface area contributed by atoms with Crippen molar-refractivity contribution in [2.24, 2.45) is 5.73 Å². The molecule has 0 bridgehead atoms. The summed E-state index contributed by atoms with van der Waals surface area (Å²) >= 11 is 0. The van der Waals surface area contributed by atoms with Gasteiger partial charge in [-0.2, -0.15) is 0 Å². The van der Waals surface area contributed by atoms with E-state index in [9.17, 15) is 4.79 Å². The number of ether oxygens (including phenoxy) is 1. The molecule has 3 nitrogen and oxygen atoms in total. The van der Waals surface area contributed by atoms with Gasteiger partial charge in [-0.1, -0.05) is 24.3 Å². The molecular weight excluding hydrogens is 190 g/mol. The molecule has 0 aliphatic heterocycles. The van der Waals surface area contributed by atoms with Gasteiger partial charge < -0.3 is 10.5 Å². The summed E-state index contributed by atoms with van der Waals surface area (Å²) < 4.78 is 4.80. The number of aryl methyl sites for hydroxylation is 1. The molecule has 0 saturated heterocycles. The zero-order valence-electron chi connectivity index (χ0n) is 9.41. The number of rotatable bonds is 3. The molecule has 1 unspecified atom stereocenters. The molecule has 1 aromatic rings. The third-order valence-corrected chi connectivity index (χ3v) is 2.78. The van der Waals surface area contributed by atoms with E-state index < -0.39 is 5.41 Å². The molecule has 0 aliphatic carbocycles. The van der Waals surface area contributed by atoms with Crippen molar-refractivity contribution in [3.05, 3.63) is 35.4 Å². The SMILES string of the molecule is COC(=O)C(C)(CN)c1ccccc1C.